The lowest BCUT2D eigenvalue weighted by Gasteiger charge is -2.23. The normalized spacial score (nSPS) is 25.6. The summed E-state index contributed by atoms with van der Waals surface area (Å²) in [7, 11) is 0. The summed E-state index contributed by atoms with van der Waals surface area (Å²) in [6, 6.07) is 0. The van der Waals surface area contributed by atoms with E-state index in [4.69, 9.17) is 14.6 Å². The number of unbranched alkanes of at least 4 members (excludes halogenated alkanes) is 8. The summed E-state index contributed by atoms with van der Waals surface area (Å²) >= 11 is 0. The molecule has 5 heteroatoms. The van der Waals surface area contributed by atoms with Crippen LogP contribution in [0.15, 0.2) is 12.2 Å². The van der Waals surface area contributed by atoms with Gasteiger partial charge in [-0.25, -0.2) is 0 Å². The van der Waals surface area contributed by atoms with Gasteiger partial charge in [0.1, 0.15) is 24.4 Å². The number of aliphatic hydroxyl groups is 3. The molecule has 0 spiro atoms. The van der Waals surface area contributed by atoms with Crippen LogP contribution in [0.4, 0.5) is 0 Å². The van der Waals surface area contributed by atoms with E-state index in [1.165, 1.54) is 44.9 Å². The van der Waals surface area contributed by atoms with Gasteiger partial charge in [0.05, 0.1) is 13.2 Å². The lowest BCUT2D eigenvalue weighted by atomic mass is 10.1. The van der Waals surface area contributed by atoms with Crippen molar-refractivity contribution in [2.24, 2.45) is 0 Å². The largest absolute Gasteiger partial charge is 0.394 e. The quantitative estimate of drug-likeness (QED) is 0.333. The van der Waals surface area contributed by atoms with Crippen molar-refractivity contribution < 1.29 is 24.8 Å². The van der Waals surface area contributed by atoms with Crippen LogP contribution >= 0.6 is 0 Å². The summed E-state index contributed by atoms with van der Waals surface area (Å²) in [5.41, 5.74) is 0. The molecule has 0 bridgehead atoms. The zero-order valence-electron chi connectivity index (χ0n) is 15.1. The van der Waals surface area contributed by atoms with Crippen LogP contribution in [0, 0.1) is 0 Å². The molecule has 0 unspecified atom stereocenters. The van der Waals surface area contributed by atoms with Crippen molar-refractivity contribution in [3.8, 4) is 0 Å². The Kier molecular flexibility index (Phi) is 12.4. The molecule has 0 aromatic carbocycles. The monoisotopic (exact) mass is 344 g/mol. The average molecular weight is 344 g/mol. The maximum atomic E-state index is 9.83. The van der Waals surface area contributed by atoms with Gasteiger partial charge in [0.15, 0.2) is 0 Å². The van der Waals surface area contributed by atoms with Gasteiger partial charge in [-0.15, -0.1) is 0 Å². The van der Waals surface area contributed by atoms with E-state index in [1.807, 2.05) is 0 Å². The van der Waals surface area contributed by atoms with Crippen molar-refractivity contribution in [1.29, 1.82) is 0 Å². The minimum absolute atomic E-state index is 0.153. The first kappa shape index (κ1) is 21.6. The van der Waals surface area contributed by atoms with E-state index in [-0.39, 0.29) is 13.2 Å². The lowest BCUT2D eigenvalue weighted by Crippen LogP contribution is -2.42. The van der Waals surface area contributed by atoms with E-state index in [1.54, 1.807) is 0 Å². The Labute approximate surface area is 146 Å². The molecule has 24 heavy (non-hydrogen) atoms. The minimum atomic E-state index is -1.00. The highest BCUT2D eigenvalue weighted by molar-refractivity contribution is 4.89. The Bertz CT molecular complexity index is 321. The highest BCUT2D eigenvalue weighted by Gasteiger charge is 2.40. The van der Waals surface area contributed by atoms with Crippen molar-refractivity contribution in [3.05, 3.63) is 12.2 Å². The molecule has 0 aliphatic carbocycles. The molecule has 0 radical (unpaired) electrons. The van der Waals surface area contributed by atoms with Crippen molar-refractivity contribution in [1.82, 2.24) is 0 Å². The highest BCUT2D eigenvalue weighted by atomic mass is 16.6. The summed E-state index contributed by atoms with van der Waals surface area (Å²) in [4.78, 5) is 0. The molecule has 1 heterocycles. The molecule has 0 aromatic rings. The molecular weight excluding hydrogens is 308 g/mol. The van der Waals surface area contributed by atoms with E-state index in [0.29, 0.717) is 6.61 Å². The number of ether oxygens (including phenoxy) is 2. The Balaban J connectivity index is 1.96. The summed E-state index contributed by atoms with van der Waals surface area (Å²) < 4.78 is 11.0. The SMILES string of the molecule is C/C=C/CCCCCCCCCCO[C@@H]1[C@H]([C@@H](O)CO)OC[C@H]1O. The van der Waals surface area contributed by atoms with Gasteiger partial charge in [-0.2, -0.15) is 0 Å². The predicted molar refractivity (Wildman–Crippen MR) is 94.9 cm³/mol. The van der Waals surface area contributed by atoms with E-state index >= 15 is 0 Å². The van der Waals surface area contributed by atoms with Gasteiger partial charge in [0, 0.05) is 6.61 Å². The van der Waals surface area contributed by atoms with Gasteiger partial charge in [-0.3, -0.25) is 0 Å². The van der Waals surface area contributed by atoms with Gasteiger partial charge in [-0.1, -0.05) is 50.7 Å². The van der Waals surface area contributed by atoms with Gasteiger partial charge < -0.3 is 24.8 Å². The third-order valence-corrected chi connectivity index (χ3v) is 4.54. The molecule has 5 nitrogen and oxygen atoms in total. The topological polar surface area (TPSA) is 79.2 Å². The van der Waals surface area contributed by atoms with Gasteiger partial charge in [0.2, 0.25) is 0 Å². The lowest BCUT2D eigenvalue weighted by molar-refractivity contribution is -0.0938. The molecule has 0 aromatic heterocycles. The Morgan fingerprint density at radius 1 is 1.08 bits per heavy atom. The van der Waals surface area contributed by atoms with Crippen molar-refractivity contribution in [2.75, 3.05) is 19.8 Å². The first-order valence-electron chi connectivity index (χ1n) is 9.52. The molecule has 0 amide bonds. The zero-order chi connectivity index (χ0) is 17.6. The number of hydrogen-bond donors (Lipinski definition) is 3. The molecule has 1 fully saturated rings. The molecule has 1 aliphatic heterocycles. The fraction of sp³-hybridized carbons (Fsp3) is 0.895. The maximum Gasteiger partial charge on any atom is 0.114 e. The van der Waals surface area contributed by atoms with Crippen LogP contribution in [-0.4, -0.2) is 59.6 Å². The Morgan fingerprint density at radius 2 is 1.71 bits per heavy atom. The number of aliphatic hydroxyl groups excluding tert-OH is 3. The van der Waals surface area contributed by atoms with E-state index < -0.39 is 24.4 Å². The zero-order valence-corrected chi connectivity index (χ0v) is 15.1. The molecule has 4 atom stereocenters. The molecule has 3 N–H and O–H groups in total. The van der Waals surface area contributed by atoms with Crippen LogP contribution in [-0.2, 0) is 9.47 Å². The van der Waals surface area contributed by atoms with E-state index in [0.717, 1.165) is 12.8 Å². The van der Waals surface area contributed by atoms with Crippen molar-refractivity contribution >= 4 is 0 Å². The number of rotatable bonds is 14. The van der Waals surface area contributed by atoms with Crippen molar-refractivity contribution in [2.45, 2.75) is 89.1 Å². The van der Waals surface area contributed by atoms with Crippen LogP contribution in [0.25, 0.3) is 0 Å². The molecule has 1 rings (SSSR count). The first-order chi connectivity index (χ1) is 11.7. The average Bonchev–Trinajstić information content (AvgIpc) is 2.96. The highest BCUT2D eigenvalue weighted by Crippen LogP contribution is 2.21. The third kappa shape index (κ3) is 8.58. The second kappa shape index (κ2) is 13.8. The molecule has 1 aliphatic rings. The predicted octanol–water partition coefficient (Wildman–Crippen LogP) is 2.57. The molecular formula is C19H36O5. The van der Waals surface area contributed by atoms with Gasteiger partial charge in [0.25, 0.3) is 0 Å². The van der Waals surface area contributed by atoms with E-state index in [9.17, 15) is 10.2 Å². The fourth-order valence-electron chi connectivity index (χ4n) is 3.07. The van der Waals surface area contributed by atoms with Crippen LogP contribution in [0.2, 0.25) is 0 Å². The second-order valence-corrected chi connectivity index (χ2v) is 6.64. The second-order valence-electron chi connectivity index (χ2n) is 6.64. The molecule has 0 saturated carbocycles. The van der Waals surface area contributed by atoms with Crippen LogP contribution < -0.4 is 0 Å². The summed E-state index contributed by atoms with van der Waals surface area (Å²) in [5, 5.41) is 28.5. The van der Waals surface area contributed by atoms with E-state index in [2.05, 4.69) is 19.1 Å². The number of allylic oxidation sites excluding steroid dienone is 2. The first-order valence-corrected chi connectivity index (χ1v) is 9.52. The summed E-state index contributed by atoms with van der Waals surface area (Å²) in [6.07, 6.45) is 12.5. The maximum absolute atomic E-state index is 9.83. The summed E-state index contributed by atoms with van der Waals surface area (Å²) in [6.45, 7) is 2.40. The standard InChI is InChI=1S/C19H36O5/c1-2-3-4-5-6-7-8-9-10-11-12-13-23-19-17(22)15-24-18(19)16(21)14-20/h2-3,16-22H,4-15H2,1H3/b3-2+/t16-,17+,18-,19-/m0/s1. The van der Waals surface area contributed by atoms with Crippen LogP contribution in [0.3, 0.4) is 0 Å². The third-order valence-electron chi connectivity index (χ3n) is 4.54. The van der Waals surface area contributed by atoms with Crippen LogP contribution in [0.5, 0.6) is 0 Å². The smallest absolute Gasteiger partial charge is 0.114 e. The Morgan fingerprint density at radius 3 is 2.33 bits per heavy atom. The fourth-order valence-corrected chi connectivity index (χ4v) is 3.07. The molecule has 1 saturated heterocycles. The Hall–Kier alpha value is -0.460. The minimum Gasteiger partial charge on any atom is -0.394 e. The molecule has 142 valence electrons. The van der Waals surface area contributed by atoms with Crippen molar-refractivity contribution in [3.63, 3.8) is 0 Å². The summed E-state index contributed by atoms with van der Waals surface area (Å²) in [5.74, 6) is 0. The van der Waals surface area contributed by atoms with Gasteiger partial charge >= 0.3 is 0 Å². The number of hydrogen-bond acceptors (Lipinski definition) is 5. The van der Waals surface area contributed by atoms with Crippen LogP contribution in [0.1, 0.15) is 64.7 Å². The van der Waals surface area contributed by atoms with Gasteiger partial charge in [-0.05, 0) is 26.2 Å².